The molecule has 0 spiro atoms. The second kappa shape index (κ2) is 2.48. The topological polar surface area (TPSA) is 46.0 Å². The number of benzene rings is 1. The van der Waals surface area contributed by atoms with Crippen molar-refractivity contribution >= 4 is 11.0 Å². The smallest absolute Gasteiger partial charge is 0.252 e. The summed E-state index contributed by atoms with van der Waals surface area (Å²) in [7, 11) is 0. The Morgan fingerprint density at radius 1 is 1.14 bits per heavy atom. The van der Waals surface area contributed by atoms with Crippen LogP contribution in [-0.4, -0.2) is 4.98 Å². The average Bonchev–Trinajstić information content (AvgIpc) is 2.53. The van der Waals surface area contributed by atoms with E-state index in [0.29, 0.717) is 5.76 Å². The second-order valence-corrected chi connectivity index (χ2v) is 3.20. The Kier molecular flexibility index (Phi) is 1.31. The van der Waals surface area contributed by atoms with Crippen LogP contribution in [0.15, 0.2) is 45.6 Å². The Morgan fingerprint density at radius 2 is 2.00 bits per heavy atom. The summed E-state index contributed by atoms with van der Waals surface area (Å²) in [5.41, 5.74) is 1.41. The number of rotatable bonds is 0. The Hall–Kier alpha value is -2.03. The van der Waals surface area contributed by atoms with Gasteiger partial charge in [0.25, 0.3) is 5.56 Å². The first-order valence-corrected chi connectivity index (χ1v) is 4.34. The first-order chi connectivity index (χ1) is 6.83. The first-order valence-electron chi connectivity index (χ1n) is 4.34. The summed E-state index contributed by atoms with van der Waals surface area (Å²) in [6.45, 7) is 0. The van der Waals surface area contributed by atoms with E-state index in [4.69, 9.17) is 4.42 Å². The van der Waals surface area contributed by atoms with E-state index >= 15 is 0 Å². The summed E-state index contributed by atoms with van der Waals surface area (Å²) in [6, 6.07) is 11.0. The molecule has 0 aliphatic carbocycles. The van der Waals surface area contributed by atoms with Crippen molar-refractivity contribution in [2.75, 3.05) is 0 Å². The number of nitrogens with one attached hydrogen (secondary N) is 1. The van der Waals surface area contributed by atoms with Crippen LogP contribution in [0.5, 0.6) is 0 Å². The molecule has 1 N–H and O–H groups in total. The second-order valence-electron chi connectivity index (χ2n) is 3.20. The molecule has 68 valence electrons. The maximum absolute atomic E-state index is 11.1. The van der Waals surface area contributed by atoms with Gasteiger partial charge in [-0.25, -0.2) is 0 Å². The average molecular weight is 185 g/mol. The molecule has 0 amide bonds. The third-order valence-electron chi connectivity index (χ3n) is 2.22. The lowest BCUT2D eigenvalue weighted by molar-refractivity contribution is 0.620. The van der Waals surface area contributed by atoms with E-state index in [1.54, 1.807) is 0 Å². The lowest BCUT2D eigenvalue weighted by atomic mass is 10.2. The Morgan fingerprint density at radius 3 is 2.93 bits per heavy atom. The maximum atomic E-state index is 11.1. The molecule has 2 aliphatic heterocycles. The van der Waals surface area contributed by atoms with Gasteiger partial charge in [-0.15, -0.1) is 0 Å². The predicted octanol–water partition coefficient (Wildman–Crippen LogP) is 2.23. The molecule has 1 aromatic carbocycles. The van der Waals surface area contributed by atoms with Crippen molar-refractivity contribution < 1.29 is 4.42 Å². The largest absolute Gasteiger partial charge is 0.454 e. The number of hydrogen-bond donors (Lipinski definition) is 1. The van der Waals surface area contributed by atoms with Crippen LogP contribution in [0.1, 0.15) is 0 Å². The Bertz CT molecular complexity index is 568. The highest BCUT2D eigenvalue weighted by Crippen LogP contribution is 2.24. The van der Waals surface area contributed by atoms with Gasteiger partial charge in [0.2, 0.25) is 0 Å². The van der Waals surface area contributed by atoms with Gasteiger partial charge in [-0.2, -0.15) is 0 Å². The van der Waals surface area contributed by atoms with E-state index in [1.165, 1.54) is 6.07 Å². The fourth-order valence-electron chi connectivity index (χ4n) is 1.59. The highest BCUT2D eigenvalue weighted by Gasteiger charge is 2.08. The zero-order valence-electron chi connectivity index (χ0n) is 7.28. The molecule has 0 saturated carbocycles. The molecule has 0 fully saturated rings. The van der Waals surface area contributed by atoms with E-state index in [2.05, 4.69) is 4.98 Å². The number of hydrogen-bond acceptors (Lipinski definition) is 2. The van der Waals surface area contributed by atoms with Gasteiger partial charge < -0.3 is 9.40 Å². The molecule has 2 heterocycles. The number of para-hydroxylation sites is 1. The van der Waals surface area contributed by atoms with Crippen molar-refractivity contribution in [2.24, 2.45) is 0 Å². The molecule has 3 heteroatoms. The molecule has 0 bridgehead atoms. The molecule has 1 aromatic rings. The lowest BCUT2D eigenvalue weighted by Gasteiger charge is -2.00. The number of aromatic amines is 1. The highest BCUT2D eigenvalue weighted by atomic mass is 16.3. The van der Waals surface area contributed by atoms with Crippen molar-refractivity contribution in [1.82, 2.24) is 4.98 Å². The van der Waals surface area contributed by atoms with Crippen LogP contribution in [0.4, 0.5) is 0 Å². The maximum Gasteiger partial charge on any atom is 0.252 e. The van der Waals surface area contributed by atoms with Crippen LogP contribution in [0.2, 0.25) is 0 Å². The van der Waals surface area contributed by atoms with Crippen LogP contribution in [0, 0.1) is 0 Å². The fourth-order valence-corrected chi connectivity index (χ4v) is 1.59. The number of fused-ring (bicyclic) bond motifs is 2. The van der Waals surface area contributed by atoms with Crippen molar-refractivity contribution in [1.29, 1.82) is 0 Å². The minimum absolute atomic E-state index is 0.126. The lowest BCUT2D eigenvalue weighted by Crippen LogP contribution is -1.92. The molecule has 0 aromatic heterocycles. The number of H-pyrrole nitrogens is 1. The van der Waals surface area contributed by atoms with Gasteiger partial charge in [0.05, 0.1) is 5.69 Å². The molecule has 2 aliphatic rings. The van der Waals surface area contributed by atoms with E-state index in [-0.39, 0.29) is 5.56 Å². The summed E-state index contributed by atoms with van der Waals surface area (Å²) in [5.74, 6) is 0.605. The van der Waals surface area contributed by atoms with E-state index in [0.717, 1.165) is 16.7 Å². The molecule has 3 nitrogen and oxygen atoms in total. The quantitative estimate of drug-likeness (QED) is 0.583. The van der Waals surface area contributed by atoms with Crippen LogP contribution in [-0.2, 0) is 0 Å². The van der Waals surface area contributed by atoms with Crippen molar-refractivity contribution in [2.45, 2.75) is 0 Å². The van der Waals surface area contributed by atoms with E-state index in [1.807, 2.05) is 30.3 Å². The standard InChI is InChI=1S/C11H7NO2/c13-11-6-10-8(12-11)5-7-3-1-2-4-9(7)14-10/h1-6H,(H,12,13). The minimum Gasteiger partial charge on any atom is -0.454 e. The molecule has 14 heavy (non-hydrogen) atoms. The van der Waals surface area contributed by atoms with Crippen molar-refractivity contribution in [3.8, 4) is 11.5 Å². The summed E-state index contributed by atoms with van der Waals surface area (Å²) in [6.07, 6.45) is 0. The first kappa shape index (κ1) is 7.38. The van der Waals surface area contributed by atoms with Crippen LogP contribution < -0.4 is 5.56 Å². The predicted molar refractivity (Wildman–Crippen MR) is 53.5 cm³/mol. The molecule has 3 rings (SSSR count). The zero-order valence-corrected chi connectivity index (χ0v) is 7.28. The van der Waals surface area contributed by atoms with Crippen LogP contribution in [0.25, 0.3) is 22.4 Å². The summed E-state index contributed by atoms with van der Waals surface area (Å²) in [4.78, 5) is 13.8. The van der Waals surface area contributed by atoms with Crippen molar-refractivity contribution in [3.05, 3.63) is 46.8 Å². The molecule has 0 radical (unpaired) electrons. The summed E-state index contributed by atoms with van der Waals surface area (Å²) in [5, 5.41) is 0.988. The molecular formula is C11H7NO2. The number of aromatic nitrogens is 1. The van der Waals surface area contributed by atoms with Gasteiger partial charge >= 0.3 is 0 Å². The SMILES string of the molecule is O=c1cc2oc3ccccc3cc-2[nH]1. The Balaban J connectivity index is 2.53. The van der Waals surface area contributed by atoms with Gasteiger partial charge in [0.15, 0.2) is 5.76 Å². The molecular weight excluding hydrogens is 178 g/mol. The van der Waals surface area contributed by atoms with Gasteiger partial charge in [0.1, 0.15) is 5.58 Å². The Labute approximate surface area is 79.3 Å². The van der Waals surface area contributed by atoms with Crippen molar-refractivity contribution in [3.63, 3.8) is 0 Å². The van der Waals surface area contributed by atoms with Gasteiger partial charge in [-0.1, -0.05) is 18.2 Å². The fraction of sp³-hybridized carbons (Fsp3) is 0. The molecule has 0 atom stereocenters. The van der Waals surface area contributed by atoms with Crippen LogP contribution >= 0.6 is 0 Å². The van der Waals surface area contributed by atoms with Crippen LogP contribution in [0.3, 0.4) is 0 Å². The van der Waals surface area contributed by atoms with E-state index < -0.39 is 0 Å². The summed E-state index contributed by atoms with van der Waals surface area (Å²) >= 11 is 0. The van der Waals surface area contributed by atoms with Gasteiger partial charge in [-0.05, 0) is 12.1 Å². The minimum atomic E-state index is -0.126. The summed E-state index contributed by atoms with van der Waals surface area (Å²) < 4.78 is 5.54. The third-order valence-corrected chi connectivity index (χ3v) is 2.22. The van der Waals surface area contributed by atoms with Gasteiger partial charge in [-0.3, -0.25) is 4.79 Å². The highest BCUT2D eigenvalue weighted by molar-refractivity contribution is 5.81. The third kappa shape index (κ3) is 0.956. The zero-order chi connectivity index (χ0) is 9.54. The normalized spacial score (nSPS) is 11.1. The molecule has 0 saturated heterocycles. The monoisotopic (exact) mass is 185 g/mol. The van der Waals surface area contributed by atoms with E-state index in [9.17, 15) is 4.79 Å². The molecule has 0 unspecified atom stereocenters. The van der Waals surface area contributed by atoms with Gasteiger partial charge in [0, 0.05) is 11.5 Å².